The molecule has 7 nitrogen and oxygen atoms in total. The van der Waals surface area contributed by atoms with Gasteiger partial charge in [-0.25, -0.2) is 9.97 Å². The van der Waals surface area contributed by atoms with Crippen molar-refractivity contribution in [2.45, 2.75) is 25.3 Å². The second-order valence-corrected chi connectivity index (χ2v) is 6.37. The molecule has 2 bridgehead atoms. The van der Waals surface area contributed by atoms with E-state index in [0.29, 0.717) is 12.5 Å². The van der Waals surface area contributed by atoms with Gasteiger partial charge in [-0.2, -0.15) is 4.98 Å². The fourth-order valence-corrected chi connectivity index (χ4v) is 3.59. The van der Waals surface area contributed by atoms with Gasteiger partial charge >= 0.3 is 0 Å². The molecule has 0 radical (unpaired) electrons. The fraction of sp³-hybridized carbons (Fsp3) is 0.600. The van der Waals surface area contributed by atoms with Crippen LogP contribution in [0.25, 0.3) is 11.2 Å². The molecule has 0 aromatic carbocycles. The van der Waals surface area contributed by atoms with Crippen molar-refractivity contribution in [2.75, 3.05) is 25.0 Å². The van der Waals surface area contributed by atoms with E-state index < -0.39 is 0 Å². The lowest BCUT2D eigenvalue weighted by atomic mass is 9.99. The maximum Gasteiger partial charge on any atom is 0.227 e. The minimum Gasteiger partial charge on any atom is -0.341 e. The van der Waals surface area contributed by atoms with Crippen molar-refractivity contribution < 1.29 is 4.79 Å². The van der Waals surface area contributed by atoms with Crippen LogP contribution in [0.15, 0.2) is 12.5 Å². The Bertz CT molecular complexity index is 726. The first-order valence-electron chi connectivity index (χ1n) is 7.79. The van der Waals surface area contributed by atoms with Crippen molar-refractivity contribution in [3.8, 4) is 0 Å². The van der Waals surface area contributed by atoms with Crippen LogP contribution in [0.5, 0.6) is 0 Å². The molecule has 22 heavy (non-hydrogen) atoms. The van der Waals surface area contributed by atoms with E-state index in [-0.39, 0.29) is 17.9 Å². The van der Waals surface area contributed by atoms with Crippen LogP contribution >= 0.6 is 0 Å². The summed E-state index contributed by atoms with van der Waals surface area (Å²) in [5, 5.41) is 0. The van der Waals surface area contributed by atoms with E-state index >= 15 is 0 Å². The SMILES string of the molecule is CN1C(=O)[C@@H]2CCC[C@H]1CN(c1ncc3ncn(C)c3n1)C2. The van der Waals surface area contributed by atoms with Crippen LogP contribution in [-0.4, -0.2) is 56.5 Å². The summed E-state index contributed by atoms with van der Waals surface area (Å²) in [6.07, 6.45) is 6.66. The molecule has 2 atom stereocenters. The number of carbonyl (C=O) groups is 1. The maximum absolute atomic E-state index is 12.5. The van der Waals surface area contributed by atoms with Gasteiger partial charge in [-0.1, -0.05) is 6.42 Å². The third-order valence-electron chi connectivity index (χ3n) is 4.93. The number of hydrogen-bond donors (Lipinski definition) is 0. The highest BCUT2D eigenvalue weighted by molar-refractivity contribution is 5.80. The first kappa shape index (κ1) is 13.5. The number of imidazole rings is 1. The fourth-order valence-electron chi connectivity index (χ4n) is 3.59. The van der Waals surface area contributed by atoms with E-state index in [9.17, 15) is 4.79 Å². The lowest BCUT2D eigenvalue weighted by molar-refractivity contribution is -0.134. The standard InChI is InChI=1S/C15H20N6O/c1-19-9-17-12-6-16-15(18-13(12)19)21-7-10-4-3-5-11(8-21)20(2)14(10)22/h6,9-11H,3-5,7-8H2,1-2H3/t10-,11+/m1/s1. The zero-order valence-corrected chi connectivity index (χ0v) is 12.9. The van der Waals surface area contributed by atoms with E-state index in [4.69, 9.17) is 0 Å². The third kappa shape index (κ3) is 2.03. The molecule has 0 unspecified atom stereocenters. The minimum atomic E-state index is 0.0586. The number of likely N-dealkylation sites (N-methyl/N-ethyl adjacent to an activating group) is 1. The first-order chi connectivity index (χ1) is 10.6. The average Bonchev–Trinajstić information content (AvgIpc) is 2.75. The molecule has 2 aliphatic rings. The van der Waals surface area contributed by atoms with Crippen LogP contribution in [0, 0.1) is 5.92 Å². The summed E-state index contributed by atoms with van der Waals surface area (Å²) in [5.74, 6) is 1.03. The molecular weight excluding hydrogens is 280 g/mol. The molecule has 0 N–H and O–H groups in total. The lowest BCUT2D eigenvalue weighted by Crippen LogP contribution is -2.40. The van der Waals surface area contributed by atoms with Crippen molar-refractivity contribution in [1.29, 1.82) is 0 Å². The van der Waals surface area contributed by atoms with Crippen molar-refractivity contribution in [3.63, 3.8) is 0 Å². The quantitative estimate of drug-likeness (QED) is 0.779. The second-order valence-electron chi connectivity index (χ2n) is 6.37. The molecule has 2 aromatic rings. The maximum atomic E-state index is 12.5. The van der Waals surface area contributed by atoms with Crippen LogP contribution in [0.1, 0.15) is 19.3 Å². The highest BCUT2D eigenvalue weighted by atomic mass is 16.2. The molecule has 0 saturated carbocycles. The molecule has 0 aliphatic carbocycles. The van der Waals surface area contributed by atoms with Gasteiger partial charge in [-0.15, -0.1) is 0 Å². The number of carbonyl (C=O) groups excluding carboxylic acids is 1. The van der Waals surface area contributed by atoms with Gasteiger partial charge in [-0.3, -0.25) is 4.79 Å². The zero-order valence-electron chi connectivity index (χ0n) is 12.9. The van der Waals surface area contributed by atoms with Gasteiger partial charge in [0, 0.05) is 33.2 Å². The minimum absolute atomic E-state index is 0.0586. The Morgan fingerprint density at radius 1 is 1.18 bits per heavy atom. The van der Waals surface area contributed by atoms with E-state index in [2.05, 4.69) is 19.9 Å². The number of amides is 1. The summed E-state index contributed by atoms with van der Waals surface area (Å²) in [4.78, 5) is 30.0. The molecule has 116 valence electrons. The van der Waals surface area contributed by atoms with E-state index in [1.807, 2.05) is 23.6 Å². The summed E-state index contributed by atoms with van der Waals surface area (Å²) in [6, 6.07) is 0.255. The topological polar surface area (TPSA) is 67.2 Å². The molecular formula is C15H20N6O. The summed E-state index contributed by atoms with van der Waals surface area (Å²) >= 11 is 0. The molecule has 7 heteroatoms. The Balaban J connectivity index is 1.72. The molecule has 2 aliphatic heterocycles. The number of rotatable bonds is 1. The second kappa shape index (κ2) is 4.93. The Hall–Kier alpha value is -2.18. The van der Waals surface area contributed by atoms with E-state index in [1.54, 1.807) is 12.5 Å². The smallest absolute Gasteiger partial charge is 0.227 e. The van der Waals surface area contributed by atoms with Crippen LogP contribution in [0.2, 0.25) is 0 Å². The van der Waals surface area contributed by atoms with E-state index in [1.165, 1.54) is 0 Å². The van der Waals surface area contributed by atoms with Crippen LogP contribution in [-0.2, 0) is 11.8 Å². The molecule has 2 fully saturated rings. The number of aryl methyl sites for hydroxylation is 1. The zero-order chi connectivity index (χ0) is 15.3. The molecule has 2 saturated heterocycles. The molecule has 4 heterocycles. The van der Waals surface area contributed by atoms with Gasteiger partial charge in [0.2, 0.25) is 11.9 Å². The highest BCUT2D eigenvalue weighted by Gasteiger charge is 2.37. The number of hydrogen-bond acceptors (Lipinski definition) is 5. The molecule has 1 amide bonds. The predicted molar refractivity (Wildman–Crippen MR) is 82.4 cm³/mol. The number of nitrogens with zero attached hydrogens (tertiary/aromatic N) is 6. The van der Waals surface area contributed by atoms with Crippen molar-refractivity contribution in [1.82, 2.24) is 24.4 Å². The lowest BCUT2D eigenvalue weighted by Gasteiger charge is -2.29. The third-order valence-corrected chi connectivity index (χ3v) is 4.93. The van der Waals surface area contributed by atoms with Crippen LogP contribution < -0.4 is 4.90 Å². The largest absolute Gasteiger partial charge is 0.341 e. The molecule has 4 rings (SSSR count). The normalized spacial score (nSPS) is 25.6. The van der Waals surface area contributed by atoms with Gasteiger partial charge in [-0.05, 0) is 12.8 Å². The van der Waals surface area contributed by atoms with Crippen LogP contribution in [0.4, 0.5) is 5.95 Å². The van der Waals surface area contributed by atoms with Gasteiger partial charge in [0.25, 0.3) is 0 Å². The number of fused-ring (bicyclic) bond motifs is 4. The highest BCUT2D eigenvalue weighted by Crippen LogP contribution is 2.28. The summed E-state index contributed by atoms with van der Waals surface area (Å²) in [5.41, 5.74) is 1.63. The van der Waals surface area contributed by atoms with Gasteiger partial charge in [0.05, 0.1) is 18.4 Å². The molecule has 0 spiro atoms. The van der Waals surface area contributed by atoms with Crippen LogP contribution in [0.3, 0.4) is 0 Å². The van der Waals surface area contributed by atoms with Crippen molar-refractivity contribution in [2.24, 2.45) is 13.0 Å². The number of aromatic nitrogens is 4. The van der Waals surface area contributed by atoms with Gasteiger partial charge in [0.1, 0.15) is 5.52 Å². The Morgan fingerprint density at radius 3 is 2.91 bits per heavy atom. The molecule has 2 aromatic heterocycles. The number of anilines is 1. The monoisotopic (exact) mass is 300 g/mol. The van der Waals surface area contributed by atoms with Gasteiger partial charge in [0.15, 0.2) is 5.65 Å². The summed E-state index contributed by atoms with van der Waals surface area (Å²) < 4.78 is 1.90. The summed E-state index contributed by atoms with van der Waals surface area (Å²) in [6.45, 7) is 1.52. The average molecular weight is 300 g/mol. The first-order valence-corrected chi connectivity index (χ1v) is 7.79. The van der Waals surface area contributed by atoms with Crippen molar-refractivity contribution >= 4 is 23.0 Å². The van der Waals surface area contributed by atoms with Gasteiger partial charge < -0.3 is 14.4 Å². The van der Waals surface area contributed by atoms with Crippen molar-refractivity contribution in [3.05, 3.63) is 12.5 Å². The predicted octanol–water partition coefficient (Wildman–Crippen LogP) is 0.810. The Morgan fingerprint density at radius 2 is 2.05 bits per heavy atom. The Labute approximate surface area is 129 Å². The van der Waals surface area contributed by atoms with E-state index in [0.717, 1.165) is 37.0 Å². The Kier molecular flexibility index (Phi) is 3.02. The summed E-state index contributed by atoms with van der Waals surface area (Å²) in [7, 11) is 3.86.